The number of amides is 2. The van der Waals surface area contributed by atoms with Crippen LogP contribution < -0.4 is 10.6 Å². The number of aliphatic hydroxyl groups is 1. The number of benzene rings is 1. The lowest BCUT2D eigenvalue weighted by molar-refractivity contribution is 0.238. The fraction of sp³-hybridized carbons (Fsp3) is 0.357. The molecule has 1 aromatic rings. The fourth-order valence-electron chi connectivity index (χ4n) is 2.02. The molecule has 0 fully saturated rings. The van der Waals surface area contributed by atoms with Gasteiger partial charge in [0, 0.05) is 24.3 Å². The molecule has 1 aromatic carbocycles. The van der Waals surface area contributed by atoms with Gasteiger partial charge in [-0.05, 0) is 31.0 Å². The van der Waals surface area contributed by atoms with Gasteiger partial charge >= 0.3 is 6.03 Å². The van der Waals surface area contributed by atoms with E-state index in [2.05, 4.69) is 10.6 Å². The van der Waals surface area contributed by atoms with Gasteiger partial charge in [0.1, 0.15) is 5.82 Å². The predicted octanol–water partition coefficient (Wildman–Crippen LogP) is 2.19. The summed E-state index contributed by atoms with van der Waals surface area (Å²) in [6, 6.07) is 4.08. The molecule has 0 aromatic heterocycles. The van der Waals surface area contributed by atoms with E-state index < -0.39 is 0 Å². The third-order valence-corrected chi connectivity index (χ3v) is 3.15. The third-order valence-electron chi connectivity index (χ3n) is 3.15. The molecule has 0 aliphatic heterocycles. The molecular formula is C14H17FN2O2. The van der Waals surface area contributed by atoms with E-state index in [0.717, 1.165) is 0 Å². The van der Waals surface area contributed by atoms with Crippen molar-refractivity contribution in [2.24, 2.45) is 5.92 Å². The van der Waals surface area contributed by atoms with Crippen molar-refractivity contribution >= 4 is 11.7 Å². The molecule has 1 aliphatic rings. The lowest BCUT2D eigenvalue weighted by Crippen LogP contribution is -2.36. The number of urea groups is 1. The Kier molecular flexibility index (Phi) is 4.16. The number of rotatable bonds is 3. The molecule has 0 bridgehead atoms. The van der Waals surface area contributed by atoms with Crippen LogP contribution in [0.15, 0.2) is 30.4 Å². The van der Waals surface area contributed by atoms with E-state index in [-0.39, 0.29) is 30.4 Å². The maximum absolute atomic E-state index is 13.3. The first-order valence-electron chi connectivity index (χ1n) is 6.21. The van der Waals surface area contributed by atoms with Gasteiger partial charge in [-0.25, -0.2) is 9.18 Å². The van der Waals surface area contributed by atoms with Gasteiger partial charge < -0.3 is 15.7 Å². The summed E-state index contributed by atoms with van der Waals surface area (Å²) in [5.41, 5.74) is 0.955. The van der Waals surface area contributed by atoms with Crippen molar-refractivity contribution in [1.82, 2.24) is 5.32 Å². The SMILES string of the molecule is Cc1ccc(NC(=O)N[C@@H]2C=C[C@H](CO)C2)cc1F. The second-order valence-electron chi connectivity index (χ2n) is 4.73. The number of anilines is 1. The second kappa shape index (κ2) is 5.84. The zero-order valence-corrected chi connectivity index (χ0v) is 10.7. The Balaban J connectivity index is 1.88. The van der Waals surface area contributed by atoms with Crippen molar-refractivity contribution in [2.45, 2.75) is 19.4 Å². The number of aryl methyl sites for hydroxylation is 1. The van der Waals surface area contributed by atoms with Gasteiger partial charge in [0.25, 0.3) is 0 Å². The topological polar surface area (TPSA) is 61.4 Å². The van der Waals surface area contributed by atoms with Crippen LogP contribution in [0.5, 0.6) is 0 Å². The highest BCUT2D eigenvalue weighted by Crippen LogP contribution is 2.17. The molecule has 0 spiro atoms. The number of carbonyl (C=O) groups excluding carboxylic acids is 1. The number of hydrogen-bond acceptors (Lipinski definition) is 2. The molecule has 2 atom stereocenters. The number of aliphatic hydroxyl groups excluding tert-OH is 1. The first-order valence-corrected chi connectivity index (χ1v) is 6.21. The summed E-state index contributed by atoms with van der Waals surface area (Å²) in [5, 5.41) is 14.3. The van der Waals surface area contributed by atoms with Crippen molar-refractivity contribution in [1.29, 1.82) is 0 Å². The normalized spacial score (nSPS) is 21.4. The van der Waals surface area contributed by atoms with Crippen molar-refractivity contribution in [3.63, 3.8) is 0 Å². The van der Waals surface area contributed by atoms with E-state index >= 15 is 0 Å². The summed E-state index contributed by atoms with van der Waals surface area (Å²) >= 11 is 0. The summed E-state index contributed by atoms with van der Waals surface area (Å²) < 4.78 is 13.3. The molecular weight excluding hydrogens is 247 g/mol. The van der Waals surface area contributed by atoms with Gasteiger partial charge in [0.2, 0.25) is 0 Å². The highest BCUT2D eigenvalue weighted by Gasteiger charge is 2.19. The van der Waals surface area contributed by atoms with Crippen LogP contribution in [0.3, 0.4) is 0 Å². The summed E-state index contributed by atoms with van der Waals surface area (Å²) in [6.45, 7) is 1.75. The molecule has 19 heavy (non-hydrogen) atoms. The van der Waals surface area contributed by atoms with E-state index in [1.54, 1.807) is 19.1 Å². The Morgan fingerprint density at radius 2 is 2.26 bits per heavy atom. The van der Waals surface area contributed by atoms with Crippen molar-refractivity contribution < 1.29 is 14.3 Å². The zero-order valence-electron chi connectivity index (χ0n) is 10.7. The van der Waals surface area contributed by atoms with Gasteiger partial charge in [-0.2, -0.15) is 0 Å². The number of nitrogens with one attached hydrogen (secondary N) is 2. The molecule has 4 nitrogen and oxygen atoms in total. The zero-order chi connectivity index (χ0) is 13.8. The van der Waals surface area contributed by atoms with Gasteiger partial charge in [-0.15, -0.1) is 0 Å². The number of halogens is 1. The van der Waals surface area contributed by atoms with Crippen LogP contribution in [0.25, 0.3) is 0 Å². The van der Waals surface area contributed by atoms with Crippen LogP contribution in [0.4, 0.5) is 14.9 Å². The first kappa shape index (κ1) is 13.5. The van der Waals surface area contributed by atoms with Crippen LogP contribution in [-0.2, 0) is 0 Å². The molecule has 0 heterocycles. The molecule has 102 valence electrons. The van der Waals surface area contributed by atoms with Crippen LogP contribution >= 0.6 is 0 Å². The summed E-state index contributed by atoms with van der Waals surface area (Å²) in [4.78, 5) is 11.7. The summed E-state index contributed by atoms with van der Waals surface area (Å²) in [6.07, 6.45) is 4.43. The van der Waals surface area contributed by atoms with E-state index in [0.29, 0.717) is 17.7 Å². The summed E-state index contributed by atoms with van der Waals surface area (Å²) in [7, 11) is 0. The van der Waals surface area contributed by atoms with Crippen LogP contribution in [-0.4, -0.2) is 23.8 Å². The Labute approximate surface area is 111 Å². The maximum atomic E-state index is 13.3. The van der Waals surface area contributed by atoms with Gasteiger partial charge in [0.05, 0.1) is 0 Å². The van der Waals surface area contributed by atoms with Crippen molar-refractivity contribution in [2.75, 3.05) is 11.9 Å². The highest BCUT2D eigenvalue weighted by atomic mass is 19.1. The molecule has 0 unspecified atom stereocenters. The average Bonchev–Trinajstić information content (AvgIpc) is 2.81. The van der Waals surface area contributed by atoms with Gasteiger partial charge in [0.15, 0.2) is 0 Å². The van der Waals surface area contributed by atoms with Gasteiger partial charge in [-0.3, -0.25) is 0 Å². The molecule has 1 aliphatic carbocycles. The smallest absolute Gasteiger partial charge is 0.319 e. The third kappa shape index (κ3) is 3.54. The Bertz CT molecular complexity index is 502. The number of hydrogen-bond donors (Lipinski definition) is 3. The lowest BCUT2D eigenvalue weighted by Gasteiger charge is -2.13. The quantitative estimate of drug-likeness (QED) is 0.733. The molecule has 2 rings (SSSR count). The average molecular weight is 264 g/mol. The molecule has 2 amide bonds. The monoisotopic (exact) mass is 264 g/mol. The van der Waals surface area contributed by atoms with Crippen LogP contribution in [0.2, 0.25) is 0 Å². The number of carbonyl (C=O) groups is 1. The predicted molar refractivity (Wildman–Crippen MR) is 71.4 cm³/mol. The standard InChI is InChI=1S/C14H17FN2O2/c1-9-2-4-12(7-13(9)15)17-14(19)16-11-5-3-10(6-11)8-18/h2-5,7,10-11,18H,6,8H2,1H3,(H2,16,17,19)/t10-,11+/m0/s1. The van der Waals surface area contributed by atoms with E-state index in [1.807, 2.05) is 12.2 Å². The molecule has 0 saturated carbocycles. The van der Waals surface area contributed by atoms with Crippen LogP contribution in [0, 0.1) is 18.7 Å². The maximum Gasteiger partial charge on any atom is 0.319 e. The minimum absolute atomic E-state index is 0.0828. The fourth-order valence-corrected chi connectivity index (χ4v) is 2.02. The Hall–Kier alpha value is -1.88. The lowest BCUT2D eigenvalue weighted by atomic mass is 10.1. The van der Waals surface area contributed by atoms with E-state index in [9.17, 15) is 9.18 Å². The Morgan fingerprint density at radius 1 is 1.47 bits per heavy atom. The minimum Gasteiger partial charge on any atom is -0.396 e. The minimum atomic E-state index is -0.378. The van der Waals surface area contributed by atoms with Crippen molar-refractivity contribution in [3.05, 3.63) is 41.7 Å². The molecule has 0 saturated heterocycles. The van der Waals surface area contributed by atoms with E-state index in [1.165, 1.54) is 6.07 Å². The largest absolute Gasteiger partial charge is 0.396 e. The molecule has 3 N–H and O–H groups in total. The summed E-state index contributed by atoms with van der Waals surface area (Å²) in [5.74, 6) is -0.249. The highest BCUT2D eigenvalue weighted by molar-refractivity contribution is 5.89. The first-order chi connectivity index (χ1) is 9.08. The van der Waals surface area contributed by atoms with Crippen LogP contribution in [0.1, 0.15) is 12.0 Å². The van der Waals surface area contributed by atoms with E-state index in [4.69, 9.17) is 5.11 Å². The molecule has 5 heteroatoms. The molecule has 0 radical (unpaired) electrons. The Morgan fingerprint density at radius 3 is 2.89 bits per heavy atom. The second-order valence-corrected chi connectivity index (χ2v) is 4.73. The van der Waals surface area contributed by atoms with Crippen molar-refractivity contribution in [3.8, 4) is 0 Å². The van der Waals surface area contributed by atoms with Gasteiger partial charge in [-0.1, -0.05) is 18.2 Å².